The Kier molecular flexibility index (Phi) is 32.8. The minimum atomic E-state index is -0.987. The van der Waals surface area contributed by atoms with Gasteiger partial charge in [-0.25, -0.2) is 0 Å². The van der Waals surface area contributed by atoms with Gasteiger partial charge in [-0.1, -0.05) is 20.8 Å². The van der Waals surface area contributed by atoms with Gasteiger partial charge in [0.1, 0.15) is 0 Å². The van der Waals surface area contributed by atoms with Crippen LogP contribution in [0.25, 0.3) is 0 Å². The third-order valence-electron chi connectivity index (χ3n) is 2.89. The van der Waals surface area contributed by atoms with Crippen LogP contribution >= 0.6 is 37.9 Å². The van der Waals surface area contributed by atoms with Crippen LogP contribution in [0.1, 0.15) is 40.0 Å². The van der Waals surface area contributed by atoms with E-state index in [1.807, 2.05) is 0 Å². The van der Waals surface area contributed by atoms with Crippen LogP contribution in [0.15, 0.2) is 0 Å². The number of hydrogen-bond donors (Lipinski definition) is 3. The van der Waals surface area contributed by atoms with E-state index in [0.29, 0.717) is 36.5 Å². The summed E-state index contributed by atoms with van der Waals surface area (Å²) < 4.78 is 0. The van der Waals surface area contributed by atoms with E-state index in [9.17, 15) is 29.7 Å². The van der Waals surface area contributed by atoms with E-state index in [1.54, 1.807) is 43.3 Å². The number of carboxylic acid groups (broad SMARTS) is 3. The summed E-state index contributed by atoms with van der Waals surface area (Å²) in [5.41, 5.74) is 0. The Bertz CT molecular complexity index is 307. The Morgan fingerprint density at radius 1 is 0.654 bits per heavy atom. The molecule has 0 radical (unpaired) electrons. The molecular weight excluding hydrogens is 503 g/mol. The summed E-state index contributed by atoms with van der Waals surface area (Å²) in [6, 6.07) is 0. The van der Waals surface area contributed by atoms with Gasteiger partial charge in [-0.15, -0.1) is 0 Å². The van der Waals surface area contributed by atoms with Crippen LogP contribution in [0.5, 0.6) is 0 Å². The van der Waals surface area contributed by atoms with Crippen LogP contribution in [-0.2, 0) is 14.4 Å². The standard InChI is InChI=1S/3C5H10O2S.CH3.Sn/c3*1-4(2-3-8)5(6)7;;/h3*4,8H,2-3H2,1H3,(H,6,7);1H3;/q;;;;+3/p-3. The Hall–Kier alpha value is 0.259. The maximum atomic E-state index is 9.94. The second-order valence-electron chi connectivity index (χ2n) is 5.20. The molecule has 0 aliphatic heterocycles. The molecular formula is C16H30O6S3Sn. The molecule has 0 aromatic rings. The Morgan fingerprint density at radius 3 is 0.846 bits per heavy atom. The SMILES string of the molecule is CC(CCS)C(=O)[O-].CC(CCS)C(=O)[O-].CC(CCS)C(=O)[O-].[CH3][Sn+3]. The molecule has 0 saturated heterocycles. The molecule has 10 heteroatoms. The third-order valence-corrected chi connectivity index (χ3v) is 3.67. The molecule has 26 heavy (non-hydrogen) atoms. The van der Waals surface area contributed by atoms with Crippen molar-refractivity contribution in [3.8, 4) is 0 Å². The fraction of sp³-hybridized carbons (Fsp3) is 0.812. The summed E-state index contributed by atoms with van der Waals surface area (Å²) in [7, 11) is 0. The molecule has 0 amide bonds. The molecule has 0 aliphatic carbocycles. The molecule has 152 valence electrons. The van der Waals surface area contributed by atoms with Gasteiger partial charge in [0, 0.05) is 17.9 Å². The first-order valence-corrected chi connectivity index (χ1v) is 12.7. The van der Waals surface area contributed by atoms with Crippen molar-refractivity contribution in [1.29, 1.82) is 0 Å². The van der Waals surface area contributed by atoms with E-state index in [2.05, 4.69) is 42.8 Å². The van der Waals surface area contributed by atoms with Crippen molar-refractivity contribution in [1.82, 2.24) is 0 Å². The molecule has 0 aliphatic rings. The predicted molar refractivity (Wildman–Crippen MR) is 110 cm³/mol. The average Bonchev–Trinajstić information content (AvgIpc) is 2.58. The van der Waals surface area contributed by atoms with E-state index in [0.717, 1.165) is 0 Å². The zero-order valence-corrected chi connectivity index (χ0v) is 21.3. The molecule has 0 aromatic carbocycles. The van der Waals surface area contributed by atoms with Crippen molar-refractivity contribution in [2.24, 2.45) is 17.8 Å². The fourth-order valence-corrected chi connectivity index (χ4v) is 2.10. The maximum absolute atomic E-state index is 9.94. The van der Waals surface area contributed by atoms with Crippen molar-refractivity contribution >= 4 is 78.3 Å². The number of carbonyl (C=O) groups is 3. The Labute approximate surface area is 187 Å². The predicted octanol–water partition coefficient (Wildman–Crippen LogP) is -0.720. The van der Waals surface area contributed by atoms with Gasteiger partial charge in [-0.2, -0.15) is 37.9 Å². The first kappa shape index (κ1) is 33.8. The minimum absolute atomic E-state index is 0.354. The summed E-state index contributed by atoms with van der Waals surface area (Å²) in [6.45, 7) is 4.85. The van der Waals surface area contributed by atoms with Crippen molar-refractivity contribution < 1.29 is 29.7 Å². The molecule has 0 heterocycles. The van der Waals surface area contributed by atoms with E-state index in [4.69, 9.17) is 0 Å². The number of aliphatic carboxylic acids is 3. The zero-order chi connectivity index (χ0) is 21.7. The Balaban J connectivity index is -0.000000133. The van der Waals surface area contributed by atoms with Crippen LogP contribution in [-0.4, -0.2) is 57.7 Å². The van der Waals surface area contributed by atoms with Gasteiger partial charge in [-0.3, -0.25) is 0 Å². The molecule has 0 bridgehead atoms. The quantitative estimate of drug-likeness (QED) is 0.266. The van der Waals surface area contributed by atoms with Gasteiger partial charge in [0.2, 0.25) is 0 Å². The topological polar surface area (TPSA) is 120 Å². The molecule has 0 fully saturated rings. The first-order chi connectivity index (χ1) is 12.0. The van der Waals surface area contributed by atoms with Crippen molar-refractivity contribution in [2.75, 3.05) is 17.3 Å². The molecule has 0 rings (SSSR count). The molecule has 3 atom stereocenters. The van der Waals surface area contributed by atoms with Crippen LogP contribution in [0.2, 0.25) is 4.94 Å². The van der Waals surface area contributed by atoms with E-state index in [1.165, 1.54) is 0 Å². The molecule has 0 spiro atoms. The number of thiol groups is 3. The van der Waals surface area contributed by atoms with Crippen molar-refractivity contribution in [3.63, 3.8) is 0 Å². The van der Waals surface area contributed by atoms with Gasteiger partial charge >= 0.3 is 27.5 Å². The number of hydrogen-bond acceptors (Lipinski definition) is 9. The normalized spacial score (nSPS) is 12.5. The molecule has 0 N–H and O–H groups in total. The van der Waals surface area contributed by atoms with E-state index in [-0.39, 0.29) is 17.8 Å². The number of rotatable bonds is 9. The van der Waals surface area contributed by atoms with Gasteiger partial charge in [-0.05, 0) is 54.3 Å². The summed E-state index contributed by atoms with van der Waals surface area (Å²) in [6.07, 6.45) is 1.77. The van der Waals surface area contributed by atoms with Gasteiger partial charge in [0.15, 0.2) is 0 Å². The van der Waals surface area contributed by atoms with Crippen molar-refractivity contribution in [2.45, 2.75) is 45.0 Å². The van der Waals surface area contributed by atoms with Crippen LogP contribution in [0, 0.1) is 17.8 Å². The monoisotopic (exact) mass is 534 g/mol. The van der Waals surface area contributed by atoms with Gasteiger partial charge in [0.25, 0.3) is 0 Å². The average molecular weight is 533 g/mol. The summed E-state index contributed by atoms with van der Waals surface area (Å²) in [5, 5.41) is 29.8. The second-order valence-corrected chi connectivity index (χ2v) is 6.54. The number of carbonyl (C=O) groups excluding carboxylic acids is 3. The second kappa shape index (κ2) is 25.3. The molecule has 0 aromatic heterocycles. The van der Waals surface area contributed by atoms with Crippen molar-refractivity contribution in [3.05, 3.63) is 0 Å². The van der Waals surface area contributed by atoms with Crippen LogP contribution < -0.4 is 15.3 Å². The summed E-state index contributed by atoms with van der Waals surface area (Å²) in [4.78, 5) is 31.9. The van der Waals surface area contributed by atoms with Crippen LogP contribution in [0.4, 0.5) is 0 Å². The third kappa shape index (κ3) is 29.0. The fourth-order valence-electron chi connectivity index (χ4n) is 0.935. The summed E-state index contributed by atoms with van der Waals surface area (Å²) in [5.74, 6) is -2.20. The van der Waals surface area contributed by atoms with Gasteiger partial charge in [0.05, 0.1) is 0 Å². The van der Waals surface area contributed by atoms with E-state index >= 15 is 0 Å². The number of carboxylic acids is 3. The molecule has 0 saturated carbocycles. The molecule has 3 unspecified atom stereocenters. The van der Waals surface area contributed by atoms with Gasteiger partial charge < -0.3 is 29.7 Å². The summed E-state index contributed by atoms with van der Waals surface area (Å²) >= 11 is 13.1. The first-order valence-electron chi connectivity index (χ1n) is 8.00. The molecule has 6 nitrogen and oxygen atoms in total. The Morgan fingerprint density at radius 2 is 0.808 bits per heavy atom. The van der Waals surface area contributed by atoms with Crippen LogP contribution in [0.3, 0.4) is 0 Å². The van der Waals surface area contributed by atoms with E-state index < -0.39 is 17.9 Å². The zero-order valence-electron chi connectivity index (χ0n) is 15.8.